The summed E-state index contributed by atoms with van der Waals surface area (Å²) < 4.78 is 0. The largest absolute Gasteiger partial charge is 0.399 e. The molecule has 1 heterocycles. The highest BCUT2D eigenvalue weighted by Crippen LogP contribution is 2.35. The molecule has 0 aromatic heterocycles. The summed E-state index contributed by atoms with van der Waals surface area (Å²) in [6.45, 7) is 10.0. The number of benzene rings is 3. The molecule has 2 N–H and O–H groups in total. The fraction of sp³-hybridized carbons (Fsp3) is 0.0606. The molecule has 4 rings (SSSR count). The van der Waals surface area contributed by atoms with Crippen molar-refractivity contribution < 1.29 is 0 Å². The van der Waals surface area contributed by atoms with E-state index in [9.17, 15) is 5.26 Å². The van der Waals surface area contributed by atoms with Crippen molar-refractivity contribution in [3.8, 4) is 6.07 Å². The Balaban J connectivity index is 0.000000444. The van der Waals surface area contributed by atoms with Crippen LogP contribution in [0, 0.1) is 11.3 Å². The van der Waals surface area contributed by atoms with E-state index in [2.05, 4.69) is 61.4 Å². The van der Waals surface area contributed by atoms with E-state index in [1.807, 2.05) is 91.2 Å². The number of hydrogen-bond acceptors (Lipinski definition) is 3. The Hall–Kier alpha value is -4.81. The van der Waals surface area contributed by atoms with Gasteiger partial charge >= 0.3 is 0 Å². The van der Waals surface area contributed by atoms with E-state index in [0.717, 1.165) is 28.2 Å². The molecule has 1 aliphatic heterocycles. The number of nitriles is 1. The SMILES string of the molecule is C=C/C=C\C=CC(C)c1ccc(N2/C=C\C=C/C(=C)c3cc(C#N)ccc32)cc1.Nc1ccccc1. The van der Waals surface area contributed by atoms with Gasteiger partial charge < -0.3 is 10.6 Å². The second-order valence-electron chi connectivity index (χ2n) is 8.24. The van der Waals surface area contributed by atoms with Crippen LogP contribution >= 0.6 is 0 Å². The van der Waals surface area contributed by atoms with Crippen LogP contribution in [0.25, 0.3) is 5.57 Å². The number of rotatable bonds is 5. The Morgan fingerprint density at radius 1 is 0.944 bits per heavy atom. The fourth-order valence-corrected chi connectivity index (χ4v) is 3.65. The average Bonchev–Trinajstić information content (AvgIpc) is 2.90. The maximum absolute atomic E-state index is 9.27. The summed E-state index contributed by atoms with van der Waals surface area (Å²) in [4.78, 5) is 2.13. The van der Waals surface area contributed by atoms with Gasteiger partial charge in [-0.25, -0.2) is 0 Å². The molecule has 3 aromatic carbocycles. The average molecular weight is 470 g/mol. The first-order valence-corrected chi connectivity index (χ1v) is 11.8. The van der Waals surface area contributed by atoms with Gasteiger partial charge in [0.05, 0.1) is 17.3 Å². The zero-order valence-corrected chi connectivity index (χ0v) is 20.6. The zero-order chi connectivity index (χ0) is 25.8. The predicted molar refractivity (Wildman–Crippen MR) is 155 cm³/mol. The van der Waals surface area contributed by atoms with Crippen molar-refractivity contribution in [2.75, 3.05) is 10.6 Å². The summed E-state index contributed by atoms with van der Waals surface area (Å²) >= 11 is 0. The summed E-state index contributed by atoms with van der Waals surface area (Å²) in [6.07, 6.45) is 17.8. The van der Waals surface area contributed by atoms with Crippen LogP contribution < -0.4 is 10.6 Å². The zero-order valence-electron chi connectivity index (χ0n) is 20.6. The number of nitrogen functional groups attached to an aromatic ring is 1. The lowest BCUT2D eigenvalue weighted by Crippen LogP contribution is -2.11. The Labute approximate surface area is 214 Å². The lowest BCUT2D eigenvalue weighted by Gasteiger charge is -2.25. The quantitative estimate of drug-likeness (QED) is 0.301. The van der Waals surface area contributed by atoms with Crippen LogP contribution in [0.2, 0.25) is 0 Å². The molecule has 3 nitrogen and oxygen atoms in total. The second-order valence-corrected chi connectivity index (χ2v) is 8.24. The first-order chi connectivity index (χ1) is 17.5. The minimum Gasteiger partial charge on any atom is -0.399 e. The van der Waals surface area contributed by atoms with Crippen molar-refractivity contribution in [1.29, 1.82) is 5.26 Å². The third-order valence-corrected chi connectivity index (χ3v) is 5.63. The summed E-state index contributed by atoms with van der Waals surface area (Å²) in [6, 6.07) is 26.0. The number of anilines is 3. The van der Waals surface area contributed by atoms with Crippen molar-refractivity contribution >= 4 is 22.6 Å². The molecule has 3 aromatic rings. The van der Waals surface area contributed by atoms with Crippen LogP contribution in [0.15, 0.2) is 141 Å². The minimum absolute atomic E-state index is 0.314. The Bertz CT molecular complexity index is 1330. The molecule has 0 aliphatic carbocycles. The van der Waals surface area contributed by atoms with Gasteiger partial charge in [0.2, 0.25) is 0 Å². The molecule has 0 saturated heterocycles. The molecule has 36 heavy (non-hydrogen) atoms. The summed E-state index contributed by atoms with van der Waals surface area (Å²) in [5, 5.41) is 9.27. The maximum atomic E-state index is 9.27. The van der Waals surface area contributed by atoms with E-state index in [1.54, 1.807) is 6.08 Å². The van der Waals surface area contributed by atoms with E-state index in [0.29, 0.717) is 11.5 Å². The third kappa shape index (κ3) is 7.09. The van der Waals surface area contributed by atoms with Gasteiger partial charge in [-0.15, -0.1) is 0 Å². The lowest BCUT2D eigenvalue weighted by molar-refractivity contribution is 0.967. The van der Waals surface area contributed by atoms with Crippen molar-refractivity contribution in [2.45, 2.75) is 12.8 Å². The molecule has 178 valence electrons. The molecule has 0 fully saturated rings. The number of fused-ring (bicyclic) bond motifs is 1. The van der Waals surface area contributed by atoms with Gasteiger partial charge in [-0.05, 0) is 65.6 Å². The van der Waals surface area contributed by atoms with Crippen molar-refractivity contribution in [3.63, 3.8) is 0 Å². The Morgan fingerprint density at radius 2 is 1.69 bits per heavy atom. The monoisotopic (exact) mass is 469 g/mol. The van der Waals surface area contributed by atoms with E-state index in [4.69, 9.17) is 5.73 Å². The normalized spacial score (nSPS) is 15.1. The smallest absolute Gasteiger partial charge is 0.0991 e. The first-order valence-electron chi connectivity index (χ1n) is 11.8. The van der Waals surface area contributed by atoms with Crippen LogP contribution in [-0.4, -0.2) is 0 Å². The highest BCUT2D eigenvalue weighted by atomic mass is 15.1. The highest BCUT2D eigenvalue weighted by Gasteiger charge is 2.15. The van der Waals surface area contributed by atoms with Gasteiger partial charge in [-0.3, -0.25) is 0 Å². The van der Waals surface area contributed by atoms with Crippen molar-refractivity contribution in [3.05, 3.63) is 157 Å². The van der Waals surface area contributed by atoms with E-state index in [-0.39, 0.29) is 0 Å². The van der Waals surface area contributed by atoms with Crippen LogP contribution in [0.4, 0.5) is 17.1 Å². The standard InChI is InChI=1S/C27H24N2.C6H7N/c1-4-5-6-7-10-21(2)24-13-15-25(16-14-24)29-18-9-8-11-22(3)26-19-23(20-28)12-17-27(26)29;7-6-4-2-1-3-5-6/h4-19,21H,1,3H2,2H3;1-5H,7H2/b6-5-,10-7?,11-8-,18-9-;. The van der Waals surface area contributed by atoms with Gasteiger partial charge in [0.25, 0.3) is 0 Å². The fourth-order valence-electron chi connectivity index (χ4n) is 3.65. The lowest BCUT2D eigenvalue weighted by atomic mass is 9.98. The number of allylic oxidation sites excluding steroid dienone is 9. The molecule has 0 saturated carbocycles. The second kappa shape index (κ2) is 13.2. The van der Waals surface area contributed by atoms with Crippen molar-refractivity contribution in [2.24, 2.45) is 0 Å². The van der Waals surface area contributed by atoms with Gasteiger partial charge in [-0.1, -0.05) is 92.9 Å². The van der Waals surface area contributed by atoms with Crippen molar-refractivity contribution in [1.82, 2.24) is 0 Å². The van der Waals surface area contributed by atoms with Crippen LogP contribution in [0.5, 0.6) is 0 Å². The molecule has 1 aliphatic rings. The maximum Gasteiger partial charge on any atom is 0.0991 e. The molecular formula is C33H31N3. The number of hydrogen-bond donors (Lipinski definition) is 1. The van der Waals surface area contributed by atoms with Gasteiger partial charge in [0.15, 0.2) is 0 Å². The molecule has 1 atom stereocenters. The minimum atomic E-state index is 0.314. The molecule has 0 radical (unpaired) electrons. The topological polar surface area (TPSA) is 53.0 Å². The van der Waals surface area contributed by atoms with E-state index < -0.39 is 0 Å². The highest BCUT2D eigenvalue weighted by molar-refractivity contribution is 5.86. The third-order valence-electron chi connectivity index (χ3n) is 5.63. The summed E-state index contributed by atoms with van der Waals surface area (Å²) in [7, 11) is 0. The molecule has 0 bridgehead atoms. The molecule has 3 heteroatoms. The number of nitrogens with two attached hydrogens (primary N) is 1. The van der Waals surface area contributed by atoms with Gasteiger partial charge in [-0.2, -0.15) is 5.26 Å². The molecular weight excluding hydrogens is 438 g/mol. The predicted octanol–water partition coefficient (Wildman–Crippen LogP) is 8.46. The summed E-state index contributed by atoms with van der Waals surface area (Å²) in [5.74, 6) is 0.314. The van der Waals surface area contributed by atoms with Crippen LogP contribution in [-0.2, 0) is 0 Å². The van der Waals surface area contributed by atoms with Crippen LogP contribution in [0.1, 0.15) is 29.5 Å². The number of nitrogens with zero attached hydrogens (tertiary/aromatic N) is 2. The van der Waals surface area contributed by atoms with Gasteiger partial charge in [0.1, 0.15) is 0 Å². The summed E-state index contributed by atoms with van der Waals surface area (Å²) in [5.41, 5.74) is 12.0. The Kier molecular flexibility index (Phi) is 9.44. The Morgan fingerprint density at radius 3 is 2.33 bits per heavy atom. The first kappa shape index (κ1) is 25.8. The molecule has 0 spiro atoms. The van der Waals surface area contributed by atoms with Gasteiger partial charge in [0, 0.05) is 23.1 Å². The van der Waals surface area contributed by atoms with E-state index >= 15 is 0 Å². The molecule has 0 amide bonds. The molecule has 1 unspecified atom stereocenters. The number of para-hydroxylation sites is 1. The van der Waals surface area contributed by atoms with Crippen LogP contribution in [0.3, 0.4) is 0 Å². The van der Waals surface area contributed by atoms with E-state index in [1.165, 1.54) is 5.56 Å².